The molecule has 4 heteroatoms. The maximum absolute atomic E-state index is 13.1. The van der Waals surface area contributed by atoms with Crippen molar-refractivity contribution in [1.29, 1.82) is 0 Å². The summed E-state index contributed by atoms with van der Waals surface area (Å²) in [4.78, 5) is 16.4. The third-order valence-corrected chi connectivity index (χ3v) is 3.88. The number of hydrogen-bond donors (Lipinski definition) is 0. The fourth-order valence-corrected chi connectivity index (χ4v) is 2.57. The molecule has 1 fully saturated rings. The summed E-state index contributed by atoms with van der Waals surface area (Å²) in [5, 5.41) is 0. The van der Waals surface area contributed by atoms with Crippen molar-refractivity contribution < 1.29 is 9.18 Å². The predicted molar refractivity (Wildman–Crippen MR) is 73.4 cm³/mol. The Balaban J connectivity index is 1.93. The lowest BCUT2D eigenvalue weighted by atomic mass is 10.1. The van der Waals surface area contributed by atoms with Gasteiger partial charge in [-0.25, -0.2) is 4.39 Å². The van der Waals surface area contributed by atoms with Crippen LogP contribution in [0, 0.1) is 5.82 Å². The number of hydrogen-bond acceptors (Lipinski definition) is 2. The van der Waals surface area contributed by atoms with E-state index in [0.717, 1.165) is 31.6 Å². The largest absolute Gasteiger partial charge is 0.341 e. The van der Waals surface area contributed by atoms with Crippen molar-refractivity contribution in [2.45, 2.75) is 25.8 Å². The second-order valence-corrected chi connectivity index (χ2v) is 5.15. The minimum Gasteiger partial charge on any atom is -0.341 e. The second kappa shape index (κ2) is 6.15. The van der Waals surface area contributed by atoms with Crippen LogP contribution in [0.15, 0.2) is 24.3 Å². The smallest absolute Gasteiger partial charge is 0.227 e. The third-order valence-electron chi connectivity index (χ3n) is 3.88. The van der Waals surface area contributed by atoms with Gasteiger partial charge in [0, 0.05) is 26.2 Å². The number of carbonyl (C=O) groups excluding carboxylic acids is 1. The Morgan fingerprint density at radius 3 is 2.95 bits per heavy atom. The van der Waals surface area contributed by atoms with Crippen LogP contribution in [0.3, 0.4) is 0 Å². The van der Waals surface area contributed by atoms with Crippen molar-refractivity contribution >= 4 is 5.91 Å². The van der Waals surface area contributed by atoms with Gasteiger partial charge in [0.05, 0.1) is 6.42 Å². The first-order valence-corrected chi connectivity index (χ1v) is 6.82. The zero-order valence-corrected chi connectivity index (χ0v) is 11.6. The molecule has 1 amide bonds. The number of likely N-dealkylation sites (tertiary alicyclic amines) is 1. The molecule has 0 spiro atoms. The van der Waals surface area contributed by atoms with Gasteiger partial charge in [0.25, 0.3) is 0 Å². The molecule has 0 saturated carbocycles. The molecule has 1 aliphatic rings. The molecule has 104 valence electrons. The molecule has 0 N–H and O–H groups in total. The topological polar surface area (TPSA) is 23.6 Å². The van der Waals surface area contributed by atoms with E-state index in [1.165, 1.54) is 12.1 Å². The Kier molecular flexibility index (Phi) is 4.53. The first-order valence-electron chi connectivity index (χ1n) is 6.82. The molecule has 1 atom stereocenters. The van der Waals surface area contributed by atoms with Gasteiger partial charge in [-0.2, -0.15) is 0 Å². The van der Waals surface area contributed by atoms with Crippen LogP contribution in [0.25, 0.3) is 0 Å². The Bertz CT molecular complexity index is 450. The Hall–Kier alpha value is -1.42. The predicted octanol–water partition coefficient (Wildman–Crippen LogP) is 1.92. The lowest BCUT2D eigenvalue weighted by Crippen LogP contribution is -2.39. The summed E-state index contributed by atoms with van der Waals surface area (Å²) in [7, 11) is 1.85. The van der Waals surface area contributed by atoms with E-state index in [9.17, 15) is 9.18 Å². The number of rotatable bonds is 4. The van der Waals surface area contributed by atoms with E-state index >= 15 is 0 Å². The van der Waals surface area contributed by atoms with Gasteiger partial charge in [-0.15, -0.1) is 0 Å². The van der Waals surface area contributed by atoms with Crippen LogP contribution in [-0.4, -0.2) is 48.4 Å². The van der Waals surface area contributed by atoms with Crippen LogP contribution < -0.4 is 0 Å². The highest BCUT2D eigenvalue weighted by Crippen LogP contribution is 2.15. The SMILES string of the molecule is CCN1CC[C@@H](N(C)C(=O)Cc2cccc(F)c2)C1. The van der Waals surface area contributed by atoms with Crippen LogP contribution >= 0.6 is 0 Å². The Morgan fingerprint density at radius 1 is 1.53 bits per heavy atom. The molecule has 1 aliphatic heterocycles. The van der Waals surface area contributed by atoms with E-state index in [-0.39, 0.29) is 18.1 Å². The lowest BCUT2D eigenvalue weighted by Gasteiger charge is -2.25. The molecule has 0 radical (unpaired) electrons. The average molecular weight is 264 g/mol. The van der Waals surface area contributed by atoms with E-state index in [2.05, 4.69) is 11.8 Å². The molecular formula is C15H21FN2O. The van der Waals surface area contributed by atoms with Gasteiger partial charge in [-0.3, -0.25) is 4.79 Å². The van der Waals surface area contributed by atoms with Crippen molar-refractivity contribution in [3.05, 3.63) is 35.6 Å². The Labute approximate surface area is 114 Å². The van der Waals surface area contributed by atoms with Gasteiger partial charge in [0.2, 0.25) is 5.91 Å². The van der Waals surface area contributed by atoms with Crippen LogP contribution in [0.4, 0.5) is 4.39 Å². The average Bonchev–Trinajstić information content (AvgIpc) is 2.86. The van der Waals surface area contributed by atoms with Gasteiger partial charge in [0.15, 0.2) is 0 Å². The number of amides is 1. The summed E-state index contributed by atoms with van der Waals surface area (Å²) >= 11 is 0. The van der Waals surface area contributed by atoms with Crippen LogP contribution in [-0.2, 0) is 11.2 Å². The summed E-state index contributed by atoms with van der Waals surface area (Å²) in [5.41, 5.74) is 0.738. The molecule has 1 saturated heterocycles. The second-order valence-electron chi connectivity index (χ2n) is 5.15. The van der Waals surface area contributed by atoms with Gasteiger partial charge in [-0.1, -0.05) is 19.1 Å². The van der Waals surface area contributed by atoms with E-state index in [0.29, 0.717) is 6.04 Å². The molecule has 1 heterocycles. The molecule has 0 aliphatic carbocycles. The van der Waals surface area contributed by atoms with Gasteiger partial charge in [-0.05, 0) is 30.7 Å². The first-order chi connectivity index (χ1) is 9.10. The fourth-order valence-electron chi connectivity index (χ4n) is 2.57. The Morgan fingerprint density at radius 2 is 2.32 bits per heavy atom. The van der Waals surface area contributed by atoms with E-state index in [1.54, 1.807) is 12.1 Å². The van der Waals surface area contributed by atoms with Crippen molar-refractivity contribution in [2.75, 3.05) is 26.7 Å². The summed E-state index contributed by atoms with van der Waals surface area (Å²) < 4.78 is 13.1. The van der Waals surface area contributed by atoms with Gasteiger partial charge < -0.3 is 9.80 Å². The van der Waals surface area contributed by atoms with E-state index < -0.39 is 0 Å². The maximum atomic E-state index is 13.1. The maximum Gasteiger partial charge on any atom is 0.227 e. The monoisotopic (exact) mass is 264 g/mol. The summed E-state index contributed by atoms with van der Waals surface area (Å²) in [6.45, 7) is 5.17. The molecule has 1 aromatic carbocycles. The third kappa shape index (κ3) is 3.53. The zero-order valence-electron chi connectivity index (χ0n) is 11.6. The highest BCUT2D eigenvalue weighted by atomic mass is 19.1. The summed E-state index contributed by atoms with van der Waals surface area (Å²) in [6, 6.07) is 6.56. The number of likely N-dealkylation sites (N-methyl/N-ethyl adjacent to an activating group) is 2. The summed E-state index contributed by atoms with van der Waals surface area (Å²) in [6.07, 6.45) is 1.30. The molecule has 2 rings (SSSR count). The van der Waals surface area contributed by atoms with Crippen molar-refractivity contribution in [2.24, 2.45) is 0 Å². The number of nitrogens with zero attached hydrogens (tertiary/aromatic N) is 2. The van der Waals surface area contributed by atoms with E-state index in [4.69, 9.17) is 0 Å². The van der Waals surface area contributed by atoms with Crippen LogP contribution in [0.5, 0.6) is 0 Å². The fraction of sp³-hybridized carbons (Fsp3) is 0.533. The first kappa shape index (κ1) is 14.0. The molecule has 19 heavy (non-hydrogen) atoms. The molecule has 0 aromatic heterocycles. The highest BCUT2D eigenvalue weighted by molar-refractivity contribution is 5.78. The molecule has 1 aromatic rings. The number of carbonyl (C=O) groups is 1. The highest BCUT2D eigenvalue weighted by Gasteiger charge is 2.27. The van der Waals surface area contributed by atoms with Gasteiger partial charge in [0.1, 0.15) is 5.82 Å². The van der Waals surface area contributed by atoms with E-state index in [1.807, 2.05) is 11.9 Å². The summed E-state index contributed by atoms with van der Waals surface area (Å²) in [5.74, 6) is -0.223. The van der Waals surface area contributed by atoms with Crippen LogP contribution in [0.2, 0.25) is 0 Å². The number of benzene rings is 1. The lowest BCUT2D eigenvalue weighted by molar-refractivity contribution is -0.131. The van der Waals surface area contributed by atoms with Crippen molar-refractivity contribution in [3.63, 3.8) is 0 Å². The molecular weight excluding hydrogens is 243 g/mol. The molecule has 0 bridgehead atoms. The molecule has 0 unspecified atom stereocenters. The minimum atomic E-state index is -0.286. The minimum absolute atomic E-state index is 0.0635. The van der Waals surface area contributed by atoms with Crippen molar-refractivity contribution in [1.82, 2.24) is 9.80 Å². The van der Waals surface area contributed by atoms with Gasteiger partial charge >= 0.3 is 0 Å². The number of halogens is 1. The quantitative estimate of drug-likeness (QED) is 0.829. The van der Waals surface area contributed by atoms with Crippen LogP contribution in [0.1, 0.15) is 18.9 Å². The normalized spacial score (nSPS) is 19.6. The zero-order chi connectivity index (χ0) is 13.8. The molecule has 3 nitrogen and oxygen atoms in total. The van der Waals surface area contributed by atoms with Crippen molar-refractivity contribution in [3.8, 4) is 0 Å². The standard InChI is InChI=1S/C15H21FN2O/c1-3-18-8-7-14(11-18)17(2)15(19)10-12-5-4-6-13(16)9-12/h4-6,9,14H,3,7-8,10-11H2,1-2H3/t14-/m1/s1.